The molecule has 0 bridgehead atoms. The number of hydrogen-bond acceptors (Lipinski definition) is 2. The smallest absolute Gasteiger partial charge is 0.140 e. The molecule has 0 fully saturated rings. The fourth-order valence-electron chi connectivity index (χ4n) is 0.915. The molecular formula is C10H16BN3. The van der Waals surface area contributed by atoms with Crippen LogP contribution in [0.3, 0.4) is 0 Å². The second-order valence-corrected chi connectivity index (χ2v) is 2.70. The number of allylic oxidation sites excluding steroid dienone is 2. The minimum absolute atomic E-state index is 0.0431. The second kappa shape index (κ2) is 6.19. The molecule has 0 aliphatic rings. The Bertz CT molecular complexity index is 326. The van der Waals surface area contributed by atoms with Gasteiger partial charge in [-0.1, -0.05) is 13.8 Å². The van der Waals surface area contributed by atoms with E-state index in [4.69, 9.17) is 13.3 Å². The monoisotopic (exact) mass is 189 g/mol. The first-order chi connectivity index (χ1) is 6.59. The van der Waals surface area contributed by atoms with Crippen LogP contribution < -0.4 is 0 Å². The van der Waals surface area contributed by atoms with Crippen molar-refractivity contribution in [3.8, 4) is 0 Å². The van der Waals surface area contributed by atoms with E-state index in [1.54, 1.807) is 12.3 Å². The first-order valence-corrected chi connectivity index (χ1v) is 4.64. The number of hydrogen-bond donors (Lipinski definition) is 2. The molecule has 0 aliphatic carbocycles. The normalized spacial score (nSPS) is 10.4. The van der Waals surface area contributed by atoms with Gasteiger partial charge in [-0.05, 0) is 31.1 Å². The fraction of sp³-hybridized carbons (Fsp3) is 0.400. The van der Waals surface area contributed by atoms with Crippen LogP contribution in [-0.4, -0.2) is 23.4 Å². The number of nitrogens with one attached hydrogen (secondary N) is 2. The Morgan fingerprint density at radius 3 is 2.50 bits per heavy atom. The van der Waals surface area contributed by atoms with Gasteiger partial charge in [-0.3, -0.25) is 0 Å². The van der Waals surface area contributed by atoms with Crippen LogP contribution in [0.2, 0.25) is 0 Å². The lowest BCUT2D eigenvalue weighted by atomic mass is 9.99. The van der Waals surface area contributed by atoms with E-state index in [1.165, 1.54) is 0 Å². The number of aromatic amines is 1. The molecule has 14 heavy (non-hydrogen) atoms. The van der Waals surface area contributed by atoms with E-state index in [0.717, 1.165) is 17.1 Å². The van der Waals surface area contributed by atoms with E-state index < -0.39 is 0 Å². The average Bonchev–Trinajstić information content (AvgIpc) is 2.54. The first-order valence-electron chi connectivity index (χ1n) is 4.64. The molecule has 74 valence electrons. The predicted octanol–water partition coefficient (Wildman–Crippen LogP) is 2.29. The summed E-state index contributed by atoms with van der Waals surface area (Å²) in [4.78, 5) is 7.14. The molecule has 0 amide bonds. The Morgan fingerprint density at radius 1 is 1.57 bits per heavy atom. The Morgan fingerprint density at radius 2 is 2.14 bits per heavy atom. The van der Waals surface area contributed by atoms with Crippen LogP contribution in [0.25, 0.3) is 5.57 Å². The third-order valence-corrected chi connectivity index (χ3v) is 1.45. The molecule has 0 spiro atoms. The largest absolute Gasteiger partial charge is 0.342 e. The molecule has 1 rings (SSSR count). The lowest BCUT2D eigenvalue weighted by Gasteiger charge is -1.94. The summed E-state index contributed by atoms with van der Waals surface area (Å²) < 4.78 is 0. The van der Waals surface area contributed by atoms with Gasteiger partial charge in [-0.2, -0.15) is 0 Å². The number of nitrogens with zero attached hydrogens (tertiary/aromatic N) is 1. The Hall–Kier alpha value is -1.32. The zero-order valence-electron chi connectivity index (χ0n) is 9.18. The molecule has 0 atom stereocenters. The van der Waals surface area contributed by atoms with Gasteiger partial charge in [0.1, 0.15) is 13.7 Å². The van der Waals surface area contributed by atoms with E-state index in [2.05, 4.69) is 9.97 Å². The topological polar surface area (TPSA) is 52.5 Å². The molecule has 2 radical (unpaired) electrons. The third-order valence-electron chi connectivity index (χ3n) is 1.45. The summed E-state index contributed by atoms with van der Waals surface area (Å²) >= 11 is 0. The highest BCUT2D eigenvalue weighted by Crippen LogP contribution is 2.08. The van der Waals surface area contributed by atoms with E-state index in [1.807, 2.05) is 27.7 Å². The van der Waals surface area contributed by atoms with Crippen molar-refractivity contribution in [3.05, 3.63) is 23.8 Å². The number of rotatable bonds is 2. The van der Waals surface area contributed by atoms with Crippen molar-refractivity contribution in [2.45, 2.75) is 27.7 Å². The lowest BCUT2D eigenvalue weighted by molar-refractivity contribution is 1.20. The highest BCUT2D eigenvalue weighted by atomic mass is 14.9. The zero-order valence-corrected chi connectivity index (χ0v) is 9.18. The van der Waals surface area contributed by atoms with Crippen molar-refractivity contribution < 1.29 is 0 Å². The fourth-order valence-corrected chi connectivity index (χ4v) is 0.915. The van der Waals surface area contributed by atoms with Gasteiger partial charge in [0.15, 0.2) is 0 Å². The summed E-state index contributed by atoms with van der Waals surface area (Å²) in [6, 6.07) is 0. The molecule has 4 heteroatoms. The summed E-state index contributed by atoms with van der Waals surface area (Å²) in [7, 11) is 5.20. The predicted molar refractivity (Wildman–Crippen MR) is 61.8 cm³/mol. The summed E-state index contributed by atoms with van der Waals surface area (Å²) in [5, 5.41) is 7.04. The molecule has 0 saturated carbocycles. The van der Waals surface area contributed by atoms with Crippen LogP contribution in [0, 0.1) is 12.3 Å². The van der Waals surface area contributed by atoms with Crippen molar-refractivity contribution in [2.24, 2.45) is 0 Å². The van der Waals surface area contributed by atoms with Gasteiger partial charge in [0.25, 0.3) is 0 Å². The standard InChI is InChI=1S/C8H10BN3.C2H6/c1-5(3-7(9)10)8-11-4-6(2)12-8;1-2/h3-4,10H,1-2H3,(H,11,12);1-2H3/b5-3-,10-7?;. The van der Waals surface area contributed by atoms with E-state index in [-0.39, 0.29) is 5.61 Å². The number of H-pyrrole nitrogens is 1. The van der Waals surface area contributed by atoms with Crippen LogP contribution in [-0.2, 0) is 0 Å². The molecule has 1 heterocycles. The molecule has 0 unspecified atom stereocenters. The van der Waals surface area contributed by atoms with Crippen LogP contribution in [0.5, 0.6) is 0 Å². The maximum atomic E-state index is 7.04. The van der Waals surface area contributed by atoms with Crippen LogP contribution in [0.4, 0.5) is 0 Å². The first kappa shape index (κ1) is 12.7. The maximum Gasteiger partial charge on any atom is 0.140 e. The van der Waals surface area contributed by atoms with Gasteiger partial charge in [-0.15, -0.1) is 0 Å². The highest BCUT2D eigenvalue weighted by molar-refractivity contribution is 6.62. The van der Waals surface area contributed by atoms with Gasteiger partial charge < -0.3 is 10.4 Å². The van der Waals surface area contributed by atoms with Crippen LogP contribution >= 0.6 is 0 Å². The Labute approximate surface area is 86.6 Å². The van der Waals surface area contributed by atoms with Gasteiger partial charge in [-0.25, -0.2) is 4.98 Å². The second-order valence-electron chi connectivity index (χ2n) is 2.70. The summed E-state index contributed by atoms with van der Waals surface area (Å²) in [5.74, 6) is 0.766. The van der Waals surface area contributed by atoms with E-state index >= 15 is 0 Å². The number of imidazole rings is 1. The Kier molecular flexibility index (Phi) is 5.61. The summed E-state index contributed by atoms with van der Waals surface area (Å²) in [6.45, 7) is 7.79. The van der Waals surface area contributed by atoms with E-state index in [9.17, 15) is 0 Å². The van der Waals surface area contributed by atoms with Gasteiger partial charge >= 0.3 is 0 Å². The van der Waals surface area contributed by atoms with Crippen molar-refractivity contribution in [1.82, 2.24) is 9.97 Å². The average molecular weight is 189 g/mol. The minimum Gasteiger partial charge on any atom is -0.342 e. The van der Waals surface area contributed by atoms with Gasteiger partial charge in [0.05, 0.1) is 0 Å². The molecule has 2 N–H and O–H groups in total. The van der Waals surface area contributed by atoms with Gasteiger partial charge in [0.2, 0.25) is 0 Å². The number of aryl methyl sites for hydroxylation is 1. The SMILES string of the molecule is CC.[B]C(=N)/C=C(/C)c1ncc(C)[nH]1. The molecule has 0 saturated heterocycles. The van der Waals surface area contributed by atoms with Crippen LogP contribution in [0.15, 0.2) is 12.3 Å². The summed E-state index contributed by atoms with van der Waals surface area (Å²) in [5.41, 5.74) is 1.92. The van der Waals surface area contributed by atoms with Gasteiger partial charge in [0, 0.05) is 11.9 Å². The van der Waals surface area contributed by atoms with Crippen molar-refractivity contribution in [1.29, 1.82) is 5.41 Å². The Balaban J connectivity index is 0.000000791. The molecule has 3 nitrogen and oxygen atoms in total. The molecule has 0 aromatic carbocycles. The molecule has 1 aromatic heterocycles. The quantitative estimate of drug-likeness (QED) is 0.544. The van der Waals surface area contributed by atoms with Crippen molar-refractivity contribution in [3.63, 3.8) is 0 Å². The van der Waals surface area contributed by atoms with Crippen molar-refractivity contribution in [2.75, 3.05) is 0 Å². The molecular weight excluding hydrogens is 173 g/mol. The molecule has 1 aromatic rings. The lowest BCUT2D eigenvalue weighted by Crippen LogP contribution is -1.91. The summed E-state index contributed by atoms with van der Waals surface area (Å²) in [6.07, 6.45) is 3.31. The van der Waals surface area contributed by atoms with Crippen LogP contribution in [0.1, 0.15) is 32.3 Å². The van der Waals surface area contributed by atoms with Crippen molar-refractivity contribution >= 4 is 19.0 Å². The third kappa shape index (κ3) is 4.07. The molecule has 0 aliphatic heterocycles. The number of aromatic nitrogens is 2. The highest BCUT2D eigenvalue weighted by Gasteiger charge is 1.98. The zero-order chi connectivity index (χ0) is 11.1. The van der Waals surface area contributed by atoms with E-state index in [0.29, 0.717) is 0 Å². The minimum atomic E-state index is 0.0431. The maximum absolute atomic E-state index is 7.04.